The van der Waals surface area contributed by atoms with E-state index >= 15 is 0 Å². The summed E-state index contributed by atoms with van der Waals surface area (Å²) < 4.78 is 5.10. The molecule has 1 fully saturated rings. The fourth-order valence-electron chi connectivity index (χ4n) is 3.03. The van der Waals surface area contributed by atoms with Gasteiger partial charge in [0.15, 0.2) is 11.5 Å². The first-order chi connectivity index (χ1) is 10.2. The molecule has 0 aliphatic carbocycles. The normalized spacial score (nSPS) is 18.9. The molecule has 1 heterocycles. The number of hydrogen-bond donors (Lipinski definition) is 2. The van der Waals surface area contributed by atoms with Gasteiger partial charge in [0.2, 0.25) is 0 Å². The predicted molar refractivity (Wildman–Crippen MR) is 85.9 cm³/mol. The van der Waals surface area contributed by atoms with E-state index < -0.39 is 0 Å². The highest BCUT2D eigenvalue weighted by atomic mass is 16.5. The molecule has 2 N–H and O–H groups in total. The van der Waals surface area contributed by atoms with Gasteiger partial charge in [-0.2, -0.15) is 0 Å². The lowest BCUT2D eigenvalue weighted by Crippen LogP contribution is -2.43. The average Bonchev–Trinajstić information content (AvgIpc) is 2.49. The first kappa shape index (κ1) is 16.1. The van der Waals surface area contributed by atoms with Crippen LogP contribution in [0, 0.1) is 0 Å². The number of piperidine rings is 1. The van der Waals surface area contributed by atoms with E-state index in [1.807, 2.05) is 18.2 Å². The van der Waals surface area contributed by atoms with Crippen molar-refractivity contribution in [2.75, 3.05) is 26.7 Å². The van der Waals surface area contributed by atoms with Gasteiger partial charge in [0, 0.05) is 19.1 Å². The highest BCUT2D eigenvalue weighted by Gasteiger charge is 2.16. The lowest BCUT2D eigenvalue weighted by atomic mass is 10.0. The third-order valence-corrected chi connectivity index (χ3v) is 4.08. The maximum atomic E-state index is 9.90. The second kappa shape index (κ2) is 8.25. The van der Waals surface area contributed by atoms with E-state index in [2.05, 4.69) is 17.1 Å². The van der Waals surface area contributed by atoms with Crippen molar-refractivity contribution in [2.24, 2.45) is 0 Å². The van der Waals surface area contributed by atoms with Crippen LogP contribution in [0.15, 0.2) is 18.2 Å². The Bertz CT molecular complexity index is 431. The van der Waals surface area contributed by atoms with Gasteiger partial charge in [0.1, 0.15) is 0 Å². The van der Waals surface area contributed by atoms with Gasteiger partial charge in [-0.1, -0.05) is 19.4 Å². The van der Waals surface area contributed by atoms with Gasteiger partial charge in [-0.25, -0.2) is 0 Å². The van der Waals surface area contributed by atoms with Crippen LogP contribution in [0.5, 0.6) is 11.5 Å². The third-order valence-electron chi connectivity index (χ3n) is 4.08. The molecule has 21 heavy (non-hydrogen) atoms. The van der Waals surface area contributed by atoms with Crippen LogP contribution in [0.1, 0.15) is 38.2 Å². The summed E-state index contributed by atoms with van der Waals surface area (Å²) in [5, 5.41) is 13.5. The molecule has 1 unspecified atom stereocenters. The Hall–Kier alpha value is -1.26. The molecule has 0 bridgehead atoms. The van der Waals surface area contributed by atoms with Crippen LogP contribution < -0.4 is 10.1 Å². The van der Waals surface area contributed by atoms with Crippen LogP contribution in [0.25, 0.3) is 0 Å². The Balaban J connectivity index is 1.96. The first-order valence-corrected chi connectivity index (χ1v) is 8.04. The number of ether oxygens (including phenoxy) is 1. The van der Waals surface area contributed by atoms with Crippen molar-refractivity contribution in [3.05, 3.63) is 23.8 Å². The molecule has 1 aromatic rings. The first-order valence-electron chi connectivity index (χ1n) is 8.04. The van der Waals surface area contributed by atoms with Gasteiger partial charge in [0.25, 0.3) is 0 Å². The van der Waals surface area contributed by atoms with Crippen LogP contribution in [0.4, 0.5) is 0 Å². The van der Waals surface area contributed by atoms with Gasteiger partial charge >= 0.3 is 0 Å². The van der Waals surface area contributed by atoms with Gasteiger partial charge in [-0.05, 0) is 50.0 Å². The van der Waals surface area contributed by atoms with Gasteiger partial charge in [-0.3, -0.25) is 4.90 Å². The van der Waals surface area contributed by atoms with Crippen LogP contribution >= 0.6 is 0 Å². The number of nitrogens with one attached hydrogen (secondary N) is 1. The molecule has 1 aliphatic heterocycles. The molecule has 0 radical (unpaired) electrons. The van der Waals surface area contributed by atoms with E-state index in [0.29, 0.717) is 11.8 Å². The molecule has 1 aromatic carbocycles. The fourth-order valence-corrected chi connectivity index (χ4v) is 3.03. The summed E-state index contributed by atoms with van der Waals surface area (Å²) in [6.07, 6.45) is 5.06. The third kappa shape index (κ3) is 4.90. The Morgan fingerprint density at radius 3 is 2.86 bits per heavy atom. The standard InChI is InChI=1S/C17H28N2O2/c1-3-10-19(13-15-6-4-5-9-18-15)12-14-7-8-17(21-2)16(20)11-14/h7-8,11,15,18,20H,3-6,9-10,12-13H2,1-2H3. The van der Waals surface area contributed by atoms with Crippen molar-refractivity contribution < 1.29 is 9.84 Å². The van der Waals surface area contributed by atoms with E-state index in [-0.39, 0.29) is 5.75 Å². The van der Waals surface area contributed by atoms with E-state index in [9.17, 15) is 5.11 Å². The summed E-state index contributed by atoms with van der Waals surface area (Å²) in [5.41, 5.74) is 1.14. The number of nitrogens with zero attached hydrogens (tertiary/aromatic N) is 1. The quantitative estimate of drug-likeness (QED) is 0.811. The predicted octanol–water partition coefficient (Wildman–Crippen LogP) is 2.75. The molecule has 0 amide bonds. The zero-order chi connectivity index (χ0) is 15.1. The molecule has 0 spiro atoms. The van der Waals surface area contributed by atoms with Crippen molar-refractivity contribution in [1.29, 1.82) is 0 Å². The summed E-state index contributed by atoms with van der Waals surface area (Å²) in [4.78, 5) is 2.48. The zero-order valence-corrected chi connectivity index (χ0v) is 13.3. The number of methoxy groups -OCH3 is 1. The minimum Gasteiger partial charge on any atom is -0.504 e. The highest BCUT2D eigenvalue weighted by Crippen LogP contribution is 2.26. The zero-order valence-electron chi connectivity index (χ0n) is 13.3. The van der Waals surface area contributed by atoms with Crippen LogP contribution in [0.3, 0.4) is 0 Å². The number of benzene rings is 1. The number of hydrogen-bond acceptors (Lipinski definition) is 4. The van der Waals surface area contributed by atoms with Crippen LogP contribution in [-0.2, 0) is 6.54 Å². The lowest BCUT2D eigenvalue weighted by molar-refractivity contribution is 0.217. The fraction of sp³-hybridized carbons (Fsp3) is 0.647. The maximum Gasteiger partial charge on any atom is 0.160 e. The summed E-state index contributed by atoms with van der Waals surface area (Å²) >= 11 is 0. The van der Waals surface area contributed by atoms with Crippen molar-refractivity contribution in [3.8, 4) is 11.5 Å². The van der Waals surface area contributed by atoms with E-state index in [0.717, 1.165) is 38.2 Å². The van der Waals surface area contributed by atoms with Gasteiger partial charge in [-0.15, -0.1) is 0 Å². The average molecular weight is 292 g/mol. The molecular weight excluding hydrogens is 264 g/mol. The smallest absolute Gasteiger partial charge is 0.160 e. The van der Waals surface area contributed by atoms with E-state index in [1.165, 1.54) is 19.3 Å². The second-order valence-corrected chi connectivity index (χ2v) is 5.89. The van der Waals surface area contributed by atoms with Gasteiger partial charge < -0.3 is 15.2 Å². The van der Waals surface area contributed by atoms with Crippen molar-refractivity contribution in [3.63, 3.8) is 0 Å². The molecule has 4 heteroatoms. The van der Waals surface area contributed by atoms with E-state index in [4.69, 9.17) is 4.74 Å². The topological polar surface area (TPSA) is 44.7 Å². The molecule has 0 saturated carbocycles. The lowest BCUT2D eigenvalue weighted by Gasteiger charge is -2.30. The SMILES string of the molecule is CCCN(Cc1ccc(OC)c(O)c1)CC1CCCCN1. The Labute approximate surface area is 128 Å². The van der Waals surface area contributed by atoms with Gasteiger partial charge in [0.05, 0.1) is 7.11 Å². The number of rotatable bonds is 7. The molecule has 0 aromatic heterocycles. The largest absolute Gasteiger partial charge is 0.504 e. The van der Waals surface area contributed by atoms with Crippen molar-refractivity contribution in [2.45, 2.75) is 45.2 Å². The van der Waals surface area contributed by atoms with Crippen molar-refractivity contribution >= 4 is 0 Å². The Morgan fingerprint density at radius 2 is 2.24 bits per heavy atom. The molecular formula is C17H28N2O2. The number of phenols is 1. The molecule has 2 rings (SSSR count). The molecule has 1 aliphatic rings. The molecule has 118 valence electrons. The Kier molecular flexibility index (Phi) is 6.33. The summed E-state index contributed by atoms with van der Waals surface area (Å²) in [6.45, 7) is 6.41. The molecule has 1 saturated heterocycles. The van der Waals surface area contributed by atoms with E-state index in [1.54, 1.807) is 7.11 Å². The second-order valence-electron chi connectivity index (χ2n) is 5.89. The summed E-state index contributed by atoms with van der Waals surface area (Å²) in [6, 6.07) is 6.30. The minimum atomic E-state index is 0.224. The maximum absolute atomic E-state index is 9.90. The van der Waals surface area contributed by atoms with Crippen molar-refractivity contribution in [1.82, 2.24) is 10.2 Å². The van der Waals surface area contributed by atoms with Crippen LogP contribution in [-0.4, -0.2) is 42.8 Å². The molecule has 1 atom stereocenters. The number of phenolic OH excluding ortho intramolecular Hbond substituents is 1. The Morgan fingerprint density at radius 1 is 1.38 bits per heavy atom. The summed E-state index contributed by atoms with van der Waals surface area (Å²) in [7, 11) is 1.58. The summed E-state index contributed by atoms with van der Waals surface area (Å²) in [5.74, 6) is 0.761. The highest BCUT2D eigenvalue weighted by molar-refractivity contribution is 5.41. The number of aromatic hydroxyl groups is 1. The monoisotopic (exact) mass is 292 g/mol. The van der Waals surface area contributed by atoms with Crippen LogP contribution in [0.2, 0.25) is 0 Å². The molecule has 4 nitrogen and oxygen atoms in total. The minimum absolute atomic E-state index is 0.224.